The van der Waals surface area contributed by atoms with Gasteiger partial charge in [0.05, 0.1) is 11.4 Å². The summed E-state index contributed by atoms with van der Waals surface area (Å²) in [5.74, 6) is -0.512. The summed E-state index contributed by atoms with van der Waals surface area (Å²) >= 11 is 6.09. The van der Waals surface area contributed by atoms with Crippen LogP contribution in [-0.2, 0) is 18.4 Å². The number of nitrogens with two attached hydrogens (primary N) is 1. The molecule has 2 aromatic rings. The highest BCUT2D eigenvalue weighted by molar-refractivity contribution is 6.31. The Kier molecular flexibility index (Phi) is 3.99. The molecule has 0 amide bonds. The zero-order valence-corrected chi connectivity index (χ0v) is 12.4. The van der Waals surface area contributed by atoms with E-state index in [0.717, 1.165) is 11.1 Å². The molecule has 6 heteroatoms. The zero-order valence-electron chi connectivity index (χ0n) is 11.6. The molecule has 0 saturated heterocycles. The van der Waals surface area contributed by atoms with Crippen LogP contribution in [0.4, 0.5) is 5.69 Å². The second-order valence-electron chi connectivity index (χ2n) is 4.64. The number of anilines is 1. The summed E-state index contributed by atoms with van der Waals surface area (Å²) < 4.78 is 6.67. The fraction of sp³-hybridized carbons (Fsp3) is 0.286. The Hall–Kier alpha value is -2.01. The molecule has 0 unspecified atom stereocenters. The van der Waals surface area contributed by atoms with Crippen LogP contribution in [0.2, 0.25) is 5.02 Å². The van der Waals surface area contributed by atoms with E-state index in [2.05, 4.69) is 5.10 Å². The Labute approximate surface area is 122 Å². The lowest BCUT2D eigenvalue weighted by molar-refractivity contribution is 0.0461. The van der Waals surface area contributed by atoms with Gasteiger partial charge in [0, 0.05) is 17.6 Å². The minimum Gasteiger partial charge on any atom is -0.456 e. The number of nitrogens with zero attached hydrogens (tertiary/aromatic N) is 2. The predicted octanol–water partition coefficient (Wildman–Crippen LogP) is 2.63. The van der Waals surface area contributed by atoms with Crippen LogP contribution >= 0.6 is 11.6 Å². The van der Waals surface area contributed by atoms with Crippen molar-refractivity contribution in [2.75, 3.05) is 5.73 Å². The average molecular weight is 294 g/mol. The summed E-state index contributed by atoms with van der Waals surface area (Å²) in [7, 11) is 1.65. The third kappa shape index (κ3) is 2.77. The second kappa shape index (κ2) is 5.54. The number of nitrogen functional groups attached to an aromatic ring is 1. The molecule has 0 fully saturated rings. The number of aromatic nitrogens is 2. The van der Waals surface area contributed by atoms with Gasteiger partial charge in [0.2, 0.25) is 0 Å². The fourth-order valence-corrected chi connectivity index (χ4v) is 2.19. The molecule has 0 aliphatic carbocycles. The van der Waals surface area contributed by atoms with Crippen LogP contribution in [0.3, 0.4) is 0 Å². The number of ether oxygens (including phenoxy) is 1. The van der Waals surface area contributed by atoms with Gasteiger partial charge in [0.1, 0.15) is 6.61 Å². The highest BCUT2D eigenvalue weighted by atomic mass is 35.5. The molecule has 0 saturated carbocycles. The molecule has 2 rings (SSSR count). The number of rotatable bonds is 3. The summed E-state index contributed by atoms with van der Waals surface area (Å²) in [6.45, 7) is 3.78. The van der Waals surface area contributed by atoms with Crippen LogP contribution in [0.5, 0.6) is 0 Å². The number of halogens is 1. The van der Waals surface area contributed by atoms with Crippen molar-refractivity contribution < 1.29 is 9.53 Å². The van der Waals surface area contributed by atoms with E-state index in [0.29, 0.717) is 16.4 Å². The molecule has 0 spiro atoms. The maximum Gasteiger partial charge on any atom is 0.359 e. The van der Waals surface area contributed by atoms with Gasteiger partial charge in [-0.2, -0.15) is 5.10 Å². The first-order valence-electron chi connectivity index (χ1n) is 6.11. The summed E-state index contributed by atoms with van der Waals surface area (Å²) in [6.07, 6.45) is 0. The standard InChI is InChI=1S/C14H16ClN3O2/c1-8-4-5-10(11(15)6-8)7-20-14(19)13-12(16)9(2)17-18(13)3/h4-6H,7,16H2,1-3H3. The van der Waals surface area contributed by atoms with E-state index in [4.69, 9.17) is 22.1 Å². The molecular formula is C14H16ClN3O2. The number of carbonyl (C=O) groups excluding carboxylic acids is 1. The second-order valence-corrected chi connectivity index (χ2v) is 5.05. The van der Waals surface area contributed by atoms with Crippen molar-refractivity contribution in [2.24, 2.45) is 7.05 Å². The zero-order chi connectivity index (χ0) is 14.9. The normalized spacial score (nSPS) is 10.6. The van der Waals surface area contributed by atoms with Crippen LogP contribution in [0.15, 0.2) is 18.2 Å². The SMILES string of the molecule is Cc1ccc(COC(=O)c2c(N)c(C)nn2C)c(Cl)c1. The number of aryl methyl sites for hydroxylation is 3. The van der Waals surface area contributed by atoms with E-state index in [1.54, 1.807) is 14.0 Å². The van der Waals surface area contributed by atoms with Crippen molar-refractivity contribution in [1.29, 1.82) is 0 Å². The van der Waals surface area contributed by atoms with Gasteiger partial charge >= 0.3 is 5.97 Å². The lowest BCUT2D eigenvalue weighted by Crippen LogP contribution is -2.12. The van der Waals surface area contributed by atoms with Gasteiger partial charge in [-0.25, -0.2) is 4.79 Å². The number of carbonyl (C=O) groups is 1. The molecule has 2 N–H and O–H groups in total. The van der Waals surface area contributed by atoms with Crippen molar-refractivity contribution in [2.45, 2.75) is 20.5 Å². The van der Waals surface area contributed by atoms with E-state index in [1.807, 2.05) is 25.1 Å². The first-order valence-corrected chi connectivity index (χ1v) is 6.49. The third-order valence-electron chi connectivity index (χ3n) is 3.03. The van der Waals surface area contributed by atoms with Gasteiger partial charge in [0.25, 0.3) is 0 Å². The summed E-state index contributed by atoms with van der Waals surface area (Å²) in [5.41, 5.74) is 8.82. The van der Waals surface area contributed by atoms with Crippen LogP contribution in [0.1, 0.15) is 27.3 Å². The van der Waals surface area contributed by atoms with Crippen LogP contribution in [-0.4, -0.2) is 15.7 Å². The molecule has 0 atom stereocenters. The van der Waals surface area contributed by atoms with Gasteiger partial charge in [-0.05, 0) is 25.5 Å². The van der Waals surface area contributed by atoms with Crippen LogP contribution in [0.25, 0.3) is 0 Å². The Morgan fingerprint density at radius 1 is 1.45 bits per heavy atom. The Morgan fingerprint density at radius 2 is 2.15 bits per heavy atom. The lowest BCUT2D eigenvalue weighted by atomic mass is 10.2. The first-order chi connectivity index (χ1) is 9.40. The minimum absolute atomic E-state index is 0.0988. The summed E-state index contributed by atoms with van der Waals surface area (Å²) in [6, 6.07) is 5.58. The number of hydrogen-bond acceptors (Lipinski definition) is 4. The molecule has 1 aromatic heterocycles. The third-order valence-corrected chi connectivity index (χ3v) is 3.38. The van der Waals surface area contributed by atoms with E-state index < -0.39 is 5.97 Å². The van der Waals surface area contributed by atoms with Crippen molar-refractivity contribution in [1.82, 2.24) is 9.78 Å². The van der Waals surface area contributed by atoms with Gasteiger partial charge < -0.3 is 10.5 Å². The van der Waals surface area contributed by atoms with Gasteiger partial charge in [0.15, 0.2) is 5.69 Å². The Bertz CT molecular complexity index is 665. The van der Waals surface area contributed by atoms with Crippen LogP contribution < -0.4 is 5.73 Å². The molecule has 0 aliphatic heterocycles. The van der Waals surface area contributed by atoms with Crippen LogP contribution in [0, 0.1) is 13.8 Å². The molecule has 5 nitrogen and oxygen atoms in total. The van der Waals surface area contributed by atoms with Crippen molar-refractivity contribution in [3.8, 4) is 0 Å². The van der Waals surface area contributed by atoms with E-state index >= 15 is 0 Å². The molecule has 1 heterocycles. The Balaban J connectivity index is 2.13. The fourth-order valence-electron chi connectivity index (χ4n) is 1.90. The lowest BCUT2D eigenvalue weighted by Gasteiger charge is -2.08. The van der Waals surface area contributed by atoms with Crippen molar-refractivity contribution in [3.63, 3.8) is 0 Å². The number of benzene rings is 1. The largest absolute Gasteiger partial charge is 0.456 e. The van der Waals surface area contributed by atoms with Gasteiger partial charge in [-0.1, -0.05) is 23.7 Å². The Morgan fingerprint density at radius 3 is 2.70 bits per heavy atom. The quantitative estimate of drug-likeness (QED) is 0.883. The molecular weight excluding hydrogens is 278 g/mol. The molecule has 1 aromatic carbocycles. The highest BCUT2D eigenvalue weighted by Crippen LogP contribution is 2.20. The molecule has 20 heavy (non-hydrogen) atoms. The first kappa shape index (κ1) is 14.4. The van der Waals surface area contributed by atoms with Crippen molar-refractivity contribution >= 4 is 23.3 Å². The summed E-state index contributed by atoms with van der Waals surface area (Å²) in [5, 5.41) is 4.66. The molecule has 0 radical (unpaired) electrons. The summed E-state index contributed by atoms with van der Waals surface area (Å²) in [4.78, 5) is 12.0. The van der Waals surface area contributed by atoms with Gasteiger partial charge in [-0.3, -0.25) is 4.68 Å². The highest BCUT2D eigenvalue weighted by Gasteiger charge is 2.19. The molecule has 0 bridgehead atoms. The number of esters is 1. The molecule has 106 valence electrons. The van der Waals surface area contributed by atoms with Crippen molar-refractivity contribution in [3.05, 3.63) is 45.7 Å². The maximum atomic E-state index is 12.0. The monoisotopic (exact) mass is 293 g/mol. The average Bonchev–Trinajstić information content (AvgIpc) is 2.62. The smallest absolute Gasteiger partial charge is 0.359 e. The van der Waals surface area contributed by atoms with Gasteiger partial charge in [-0.15, -0.1) is 0 Å². The topological polar surface area (TPSA) is 70.1 Å². The number of hydrogen-bond donors (Lipinski definition) is 1. The van der Waals surface area contributed by atoms with E-state index in [1.165, 1.54) is 4.68 Å². The minimum atomic E-state index is -0.512. The maximum absolute atomic E-state index is 12.0. The van der Waals surface area contributed by atoms with E-state index in [9.17, 15) is 4.79 Å². The molecule has 0 aliphatic rings. The van der Waals surface area contributed by atoms with E-state index in [-0.39, 0.29) is 12.3 Å². The predicted molar refractivity (Wildman–Crippen MR) is 77.7 cm³/mol.